The molecule has 0 aromatic carbocycles. The summed E-state index contributed by atoms with van der Waals surface area (Å²) < 4.78 is 0. The molecule has 1 aliphatic rings. The first-order chi connectivity index (χ1) is 8.34. The quantitative estimate of drug-likeness (QED) is 0.774. The molecule has 0 unspecified atom stereocenters. The first-order valence-corrected chi connectivity index (χ1v) is 6.40. The lowest BCUT2D eigenvalue weighted by atomic mass is 10.3. The van der Waals surface area contributed by atoms with E-state index in [2.05, 4.69) is 27.1 Å². The summed E-state index contributed by atoms with van der Waals surface area (Å²) in [6.45, 7) is 7.01. The third-order valence-electron chi connectivity index (χ3n) is 3.22. The van der Waals surface area contributed by atoms with E-state index in [0.717, 1.165) is 12.4 Å². The van der Waals surface area contributed by atoms with Crippen molar-refractivity contribution in [3.8, 4) is 0 Å². The van der Waals surface area contributed by atoms with Gasteiger partial charge in [0.2, 0.25) is 0 Å². The molecule has 0 radical (unpaired) electrons. The van der Waals surface area contributed by atoms with Crippen molar-refractivity contribution in [1.82, 2.24) is 14.8 Å². The van der Waals surface area contributed by atoms with Crippen LogP contribution in [-0.2, 0) is 0 Å². The van der Waals surface area contributed by atoms with E-state index in [1.807, 2.05) is 24.4 Å². The van der Waals surface area contributed by atoms with Crippen LogP contribution in [0.25, 0.3) is 0 Å². The van der Waals surface area contributed by atoms with Crippen LogP contribution in [0.5, 0.6) is 0 Å². The lowest BCUT2D eigenvalue weighted by Crippen LogP contribution is -2.44. The molecule has 1 aromatic rings. The Labute approximate surface area is 104 Å². The number of likely N-dealkylation sites (N-methyl/N-ethyl adjacent to an activating group) is 1. The number of aromatic nitrogens is 1. The summed E-state index contributed by atoms with van der Waals surface area (Å²) in [7, 11) is 2.19. The zero-order valence-corrected chi connectivity index (χ0v) is 10.6. The Kier molecular flexibility index (Phi) is 4.76. The largest absolute Gasteiger partial charge is 0.370 e. The maximum atomic E-state index is 4.24. The normalized spacial score (nSPS) is 18.2. The number of piperazine rings is 1. The minimum Gasteiger partial charge on any atom is -0.370 e. The van der Waals surface area contributed by atoms with Gasteiger partial charge >= 0.3 is 0 Å². The van der Waals surface area contributed by atoms with Gasteiger partial charge in [0.05, 0.1) is 0 Å². The highest BCUT2D eigenvalue weighted by Crippen LogP contribution is 2.02. The topological polar surface area (TPSA) is 31.4 Å². The van der Waals surface area contributed by atoms with Gasteiger partial charge in [-0.05, 0) is 32.1 Å². The van der Waals surface area contributed by atoms with Crippen molar-refractivity contribution in [2.45, 2.75) is 6.42 Å². The first kappa shape index (κ1) is 12.3. The maximum Gasteiger partial charge on any atom is 0.125 e. The summed E-state index contributed by atoms with van der Waals surface area (Å²) in [5.74, 6) is 0.978. The van der Waals surface area contributed by atoms with Crippen LogP contribution in [0.15, 0.2) is 24.4 Å². The van der Waals surface area contributed by atoms with Gasteiger partial charge in [0.15, 0.2) is 0 Å². The van der Waals surface area contributed by atoms with Gasteiger partial charge in [-0.1, -0.05) is 6.07 Å². The van der Waals surface area contributed by atoms with E-state index in [1.54, 1.807) is 0 Å². The molecular weight excluding hydrogens is 212 g/mol. The average Bonchev–Trinajstić information content (AvgIpc) is 2.38. The molecule has 0 amide bonds. The van der Waals surface area contributed by atoms with Crippen LogP contribution in [0.1, 0.15) is 6.42 Å². The van der Waals surface area contributed by atoms with Crippen LogP contribution in [0.3, 0.4) is 0 Å². The number of hydrogen-bond donors (Lipinski definition) is 1. The molecule has 0 saturated carbocycles. The van der Waals surface area contributed by atoms with Gasteiger partial charge in [-0.15, -0.1) is 0 Å². The van der Waals surface area contributed by atoms with Crippen LogP contribution in [0, 0.1) is 0 Å². The molecule has 0 bridgehead atoms. The zero-order chi connectivity index (χ0) is 11.9. The zero-order valence-electron chi connectivity index (χ0n) is 10.6. The molecule has 0 aliphatic carbocycles. The molecule has 1 N–H and O–H groups in total. The van der Waals surface area contributed by atoms with Crippen molar-refractivity contribution in [2.75, 3.05) is 51.6 Å². The van der Waals surface area contributed by atoms with Crippen LogP contribution in [0.4, 0.5) is 5.82 Å². The van der Waals surface area contributed by atoms with Gasteiger partial charge in [-0.2, -0.15) is 0 Å². The van der Waals surface area contributed by atoms with Gasteiger partial charge in [0.25, 0.3) is 0 Å². The fourth-order valence-electron chi connectivity index (χ4n) is 2.06. The Morgan fingerprint density at radius 2 is 2.06 bits per heavy atom. The number of anilines is 1. The van der Waals surface area contributed by atoms with E-state index in [0.29, 0.717) is 0 Å². The molecule has 17 heavy (non-hydrogen) atoms. The second-order valence-electron chi connectivity index (χ2n) is 4.64. The smallest absolute Gasteiger partial charge is 0.125 e. The van der Waals surface area contributed by atoms with Crippen molar-refractivity contribution in [2.24, 2.45) is 0 Å². The number of rotatable bonds is 5. The summed E-state index contributed by atoms with van der Waals surface area (Å²) in [6, 6.07) is 5.96. The highest BCUT2D eigenvalue weighted by atomic mass is 15.2. The fraction of sp³-hybridized carbons (Fsp3) is 0.615. The molecule has 0 atom stereocenters. The lowest BCUT2D eigenvalue weighted by molar-refractivity contribution is 0.154. The Balaban J connectivity index is 1.57. The molecule has 2 rings (SSSR count). The van der Waals surface area contributed by atoms with E-state index >= 15 is 0 Å². The highest BCUT2D eigenvalue weighted by molar-refractivity contribution is 5.32. The van der Waals surface area contributed by atoms with Crippen molar-refractivity contribution < 1.29 is 0 Å². The second-order valence-corrected chi connectivity index (χ2v) is 4.64. The number of hydrogen-bond acceptors (Lipinski definition) is 4. The molecule has 0 spiro atoms. The monoisotopic (exact) mass is 234 g/mol. The molecule has 94 valence electrons. The molecule has 1 aromatic heterocycles. The molecular formula is C13H22N4. The lowest BCUT2D eigenvalue weighted by Gasteiger charge is -2.32. The standard InChI is InChI=1S/C13H22N4/c1-16-9-11-17(12-10-16)8-4-7-15-13-5-2-3-6-14-13/h2-3,5-6H,4,7-12H2,1H3,(H,14,15). The molecule has 4 heteroatoms. The Morgan fingerprint density at radius 3 is 2.76 bits per heavy atom. The average molecular weight is 234 g/mol. The van der Waals surface area contributed by atoms with Crippen molar-refractivity contribution in [3.05, 3.63) is 24.4 Å². The van der Waals surface area contributed by atoms with E-state index in [1.165, 1.54) is 39.1 Å². The van der Waals surface area contributed by atoms with Crippen LogP contribution >= 0.6 is 0 Å². The molecule has 2 heterocycles. The van der Waals surface area contributed by atoms with Crippen molar-refractivity contribution in [3.63, 3.8) is 0 Å². The number of nitrogens with one attached hydrogen (secondary N) is 1. The van der Waals surface area contributed by atoms with Gasteiger partial charge in [0.1, 0.15) is 5.82 Å². The first-order valence-electron chi connectivity index (χ1n) is 6.40. The number of pyridine rings is 1. The van der Waals surface area contributed by atoms with Gasteiger partial charge in [-0.25, -0.2) is 4.98 Å². The SMILES string of the molecule is CN1CCN(CCCNc2ccccn2)CC1. The van der Waals surface area contributed by atoms with Crippen LogP contribution in [-0.4, -0.2) is 61.1 Å². The summed E-state index contributed by atoms with van der Waals surface area (Å²) in [5.41, 5.74) is 0. The van der Waals surface area contributed by atoms with Gasteiger partial charge < -0.3 is 15.1 Å². The number of nitrogens with zero attached hydrogens (tertiary/aromatic N) is 3. The van der Waals surface area contributed by atoms with E-state index in [9.17, 15) is 0 Å². The van der Waals surface area contributed by atoms with E-state index in [4.69, 9.17) is 0 Å². The minimum atomic E-state index is 0.978. The Morgan fingerprint density at radius 1 is 1.24 bits per heavy atom. The highest BCUT2D eigenvalue weighted by Gasteiger charge is 2.12. The van der Waals surface area contributed by atoms with Crippen LogP contribution in [0.2, 0.25) is 0 Å². The van der Waals surface area contributed by atoms with Gasteiger partial charge in [0, 0.05) is 38.9 Å². The van der Waals surface area contributed by atoms with E-state index in [-0.39, 0.29) is 0 Å². The van der Waals surface area contributed by atoms with Crippen molar-refractivity contribution >= 4 is 5.82 Å². The van der Waals surface area contributed by atoms with E-state index < -0.39 is 0 Å². The molecule has 1 aliphatic heterocycles. The Hall–Kier alpha value is -1.13. The maximum absolute atomic E-state index is 4.24. The molecule has 1 fully saturated rings. The summed E-state index contributed by atoms with van der Waals surface area (Å²) in [4.78, 5) is 9.17. The third kappa shape index (κ3) is 4.32. The van der Waals surface area contributed by atoms with Crippen LogP contribution < -0.4 is 5.32 Å². The predicted octanol–water partition coefficient (Wildman–Crippen LogP) is 1.13. The van der Waals surface area contributed by atoms with Gasteiger partial charge in [-0.3, -0.25) is 0 Å². The summed E-state index contributed by atoms with van der Waals surface area (Å²) >= 11 is 0. The fourth-order valence-corrected chi connectivity index (χ4v) is 2.06. The molecule has 4 nitrogen and oxygen atoms in total. The predicted molar refractivity (Wildman–Crippen MR) is 71.3 cm³/mol. The molecule has 1 saturated heterocycles. The van der Waals surface area contributed by atoms with Crippen molar-refractivity contribution in [1.29, 1.82) is 0 Å². The summed E-state index contributed by atoms with van der Waals surface area (Å²) in [5, 5.41) is 3.34. The Bertz CT molecular complexity index is 306. The summed E-state index contributed by atoms with van der Waals surface area (Å²) in [6.07, 6.45) is 3.00. The second kappa shape index (κ2) is 6.57. The minimum absolute atomic E-state index is 0.978. The third-order valence-corrected chi connectivity index (χ3v) is 3.22.